The predicted molar refractivity (Wildman–Crippen MR) is 80.7 cm³/mol. The van der Waals surface area contributed by atoms with E-state index in [1.165, 1.54) is 0 Å². The molecule has 1 aromatic carbocycles. The molecule has 0 fully saturated rings. The van der Waals surface area contributed by atoms with Gasteiger partial charge in [-0.2, -0.15) is 4.98 Å². The van der Waals surface area contributed by atoms with Gasteiger partial charge in [-0.15, -0.1) is 0 Å². The fourth-order valence-corrected chi connectivity index (χ4v) is 2.20. The van der Waals surface area contributed by atoms with Gasteiger partial charge in [0.1, 0.15) is 11.6 Å². The van der Waals surface area contributed by atoms with Crippen LogP contribution in [0, 0.1) is 13.8 Å². The minimum absolute atomic E-state index is 0.370. The molecule has 0 spiro atoms. The van der Waals surface area contributed by atoms with Crippen molar-refractivity contribution in [2.45, 2.75) is 20.4 Å². The first-order valence-electron chi connectivity index (χ1n) is 6.58. The molecule has 0 amide bonds. The summed E-state index contributed by atoms with van der Waals surface area (Å²) >= 11 is 0. The minimum atomic E-state index is 0.370. The van der Waals surface area contributed by atoms with Crippen LogP contribution in [-0.2, 0) is 6.54 Å². The summed E-state index contributed by atoms with van der Waals surface area (Å²) in [4.78, 5) is 8.69. The number of hydrogen-bond donors (Lipinski definition) is 3. The van der Waals surface area contributed by atoms with Gasteiger partial charge in [-0.3, -0.25) is 5.43 Å². The summed E-state index contributed by atoms with van der Waals surface area (Å²) < 4.78 is 5.16. The molecule has 2 aromatic heterocycles. The number of para-hydroxylation sites is 1. The van der Waals surface area contributed by atoms with Gasteiger partial charge < -0.3 is 9.84 Å². The number of nitrogens with one attached hydrogen (secondary N) is 2. The van der Waals surface area contributed by atoms with Crippen LogP contribution in [0.5, 0.6) is 0 Å². The Bertz CT molecular complexity index is 763. The van der Waals surface area contributed by atoms with Gasteiger partial charge >= 0.3 is 0 Å². The van der Waals surface area contributed by atoms with E-state index in [2.05, 4.69) is 25.9 Å². The van der Waals surface area contributed by atoms with Gasteiger partial charge in [0.05, 0.1) is 11.2 Å². The maximum Gasteiger partial charge on any atom is 0.239 e. The number of anilines is 2. The molecular weight excluding hydrogens is 268 g/mol. The van der Waals surface area contributed by atoms with Crippen LogP contribution in [0.2, 0.25) is 0 Å². The van der Waals surface area contributed by atoms with E-state index >= 15 is 0 Å². The average Bonchev–Trinajstić information content (AvgIpc) is 2.83. The lowest BCUT2D eigenvalue weighted by molar-refractivity contribution is 0.392. The molecule has 3 aromatic rings. The Morgan fingerprint density at radius 3 is 2.71 bits per heavy atom. The molecule has 21 heavy (non-hydrogen) atoms. The molecule has 0 unspecified atom stereocenters. The number of nitrogens with zero attached hydrogens (tertiary/aromatic N) is 3. The smallest absolute Gasteiger partial charge is 0.239 e. The first-order chi connectivity index (χ1) is 10.2. The van der Waals surface area contributed by atoms with Gasteiger partial charge in [-0.05, 0) is 26.0 Å². The van der Waals surface area contributed by atoms with E-state index in [1.54, 1.807) is 0 Å². The van der Waals surface area contributed by atoms with E-state index in [-0.39, 0.29) is 0 Å². The predicted octanol–water partition coefficient (Wildman–Crippen LogP) is 2.13. The second-order valence-electron chi connectivity index (χ2n) is 4.71. The zero-order chi connectivity index (χ0) is 14.8. The molecule has 0 radical (unpaired) electrons. The summed E-state index contributed by atoms with van der Waals surface area (Å²) in [7, 11) is 0. The zero-order valence-corrected chi connectivity index (χ0v) is 11.8. The molecule has 0 saturated heterocycles. The number of benzene rings is 1. The Labute approximate surface area is 121 Å². The molecule has 0 aliphatic heterocycles. The van der Waals surface area contributed by atoms with Crippen molar-refractivity contribution in [1.82, 2.24) is 15.1 Å². The van der Waals surface area contributed by atoms with Crippen molar-refractivity contribution in [3.05, 3.63) is 41.3 Å². The normalized spacial score (nSPS) is 10.8. The number of hydrogen-bond acceptors (Lipinski definition) is 7. The first-order valence-corrected chi connectivity index (χ1v) is 6.58. The standard InChI is InChI=1S/C14H16N6O/c1-8-11(9(2)21-20-8)7-16-13-10-5-3-4-6-12(10)17-14(18-13)19-15/h3-6H,7,15H2,1-2H3,(H2,16,17,18,19). The van der Waals surface area contributed by atoms with E-state index in [4.69, 9.17) is 10.4 Å². The highest BCUT2D eigenvalue weighted by atomic mass is 16.5. The van der Waals surface area contributed by atoms with Crippen LogP contribution in [0.15, 0.2) is 28.8 Å². The largest absolute Gasteiger partial charge is 0.365 e. The number of nitrogen functional groups attached to an aromatic ring is 1. The quantitative estimate of drug-likeness (QED) is 0.498. The highest BCUT2D eigenvalue weighted by molar-refractivity contribution is 5.89. The second kappa shape index (κ2) is 5.37. The van der Waals surface area contributed by atoms with Crippen LogP contribution < -0.4 is 16.6 Å². The first kappa shape index (κ1) is 13.3. The fraction of sp³-hybridized carbons (Fsp3) is 0.214. The lowest BCUT2D eigenvalue weighted by atomic mass is 10.2. The average molecular weight is 284 g/mol. The van der Waals surface area contributed by atoms with Crippen LogP contribution in [-0.4, -0.2) is 15.1 Å². The summed E-state index contributed by atoms with van der Waals surface area (Å²) in [6.07, 6.45) is 0. The molecule has 3 rings (SSSR count). The molecule has 7 nitrogen and oxygen atoms in total. The number of hydrazine groups is 1. The molecule has 4 N–H and O–H groups in total. The van der Waals surface area contributed by atoms with Crippen molar-refractivity contribution in [2.75, 3.05) is 10.7 Å². The SMILES string of the molecule is Cc1noc(C)c1CNc1nc(NN)nc2ccccc12. The van der Waals surface area contributed by atoms with Crippen LogP contribution in [0.25, 0.3) is 10.9 Å². The van der Waals surface area contributed by atoms with Crippen LogP contribution in [0.1, 0.15) is 17.0 Å². The lowest BCUT2D eigenvalue weighted by Crippen LogP contribution is -2.12. The highest BCUT2D eigenvalue weighted by Crippen LogP contribution is 2.23. The summed E-state index contributed by atoms with van der Waals surface area (Å²) in [5.41, 5.74) is 5.20. The van der Waals surface area contributed by atoms with Gasteiger partial charge in [0.2, 0.25) is 5.95 Å². The molecule has 7 heteroatoms. The summed E-state index contributed by atoms with van der Waals surface area (Å²) in [5, 5.41) is 8.18. The highest BCUT2D eigenvalue weighted by Gasteiger charge is 2.11. The maximum atomic E-state index is 5.42. The van der Waals surface area contributed by atoms with Crippen LogP contribution in [0.3, 0.4) is 0 Å². The molecule has 0 aliphatic rings. The molecule has 0 saturated carbocycles. The van der Waals surface area contributed by atoms with Crippen molar-refractivity contribution >= 4 is 22.7 Å². The van der Waals surface area contributed by atoms with Crippen molar-refractivity contribution in [1.29, 1.82) is 0 Å². The van der Waals surface area contributed by atoms with Gasteiger partial charge in [0, 0.05) is 17.5 Å². The van der Waals surface area contributed by atoms with Gasteiger partial charge in [-0.25, -0.2) is 10.8 Å². The Kier molecular flexibility index (Phi) is 3.41. The third kappa shape index (κ3) is 2.50. The topological polar surface area (TPSA) is 102 Å². The summed E-state index contributed by atoms with van der Waals surface area (Å²) in [6, 6.07) is 7.75. The number of aryl methyl sites for hydroxylation is 2. The third-order valence-electron chi connectivity index (χ3n) is 3.35. The minimum Gasteiger partial charge on any atom is -0.365 e. The number of nitrogens with two attached hydrogens (primary N) is 1. The Morgan fingerprint density at radius 2 is 2.00 bits per heavy atom. The maximum absolute atomic E-state index is 5.42. The van der Waals surface area contributed by atoms with Gasteiger partial charge in [0.15, 0.2) is 0 Å². The molecule has 0 atom stereocenters. The van der Waals surface area contributed by atoms with Gasteiger partial charge in [-0.1, -0.05) is 17.3 Å². The van der Waals surface area contributed by atoms with E-state index in [0.717, 1.165) is 27.9 Å². The third-order valence-corrected chi connectivity index (χ3v) is 3.35. The molecule has 108 valence electrons. The van der Waals surface area contributed by atoms with Crippen LogP contribution in [0.4, 0.5) is 11.8 Å². The Hall–Kier alpha value is -2.67. The van der Waals surface area contributed by atoms with Crippen molar-refractivity contribution in [2.24, 2.45) is 5.84 Å². The number of aromatic nitrogens is 3. The second-order valence-corrected chi connectivity index (χ2v) is 4.71. The van der Waals surface area contributed by atoms with Crippen molar-refractivity contribution in [3.8, 4) is 0 Å². The Morgan fingerprint density at radius 1 is 1.19 bits per heavy atom. The van der Waals surface area contributed by atoms with Crippen molar-refractivity contribution in [3.63, 3.8) is 0 Å². The summed E-state index contributed by atoms with van der Waals surface area (Å²) in [6.45, 7) is 4.38. The monoisotopic (exact) mass is 284 g/mol. The van der Waals surface area contributed by atoms with Gasteiger partial charge in [0.25, 0.3) is 0 Å². The van der Waals surface area contributed by atoms with E-state index in [1.807, 2.05) is 38.1 Å². The van der Waals surface area contributed by atoms with E-state index in [0.29, 0.717) is 18.3 Å². The fourth-order valence-electron chi connectivity index (χ4n) is 2.20. The molecular formula is C14H16N6O. The molecule has 2 heterocycles. The van der Waals surface area contributed by atoms with E-state index in [9.17, 15) is 0 Å². The Balaban J connectivity index is 1.96. The number of fused-ring (bicyclic) bond motifs is 1. The molecule has 0 bridgehead atoms. The van der Waals surface area contributed by atoms with Crippen LogP contribution >= 0.6 is 0 Å². The van der Waals surface area contributed by atoms with Crippen molar-refractivity contribution < 1.29 is 4.52 Å². The van der Waals surface area contributed by atoms with E-state index < -0.39 is 0 Å². The number of rotatable bonds is 4. The lowest BCUT2D eigenvalue weighted by Gasteiger charge is -2.10. The molecule has 0 aliphatic carbocycles. The summed E-state index contributed by atoms with van der Waals surface area (Å²) in [5.74, 6) is 7.31. The zero-order valence-electron chi connectivity index (χ0n) is 11.8.